The Labute approximate surface area is 65.7 Å². The van der Waals surface area contributed by atoms with Crippen LogP contribution in [0.3, 0.4) is 0 Å². The zero-order valence-corrected chi connectivity index (χ0v) is 5.31. The molecule has 0 amide bonds. The zero-order chi connectivity index (χ0) is 6.00. The Morgan fingerprint density at radius 2 is 0.625 bits per heavy atom. The Balaban J connectivity index is -0.00000000500. The Morgan fingerprint density at radius 1 is 0.625 bits per heavy atom. The summed E-state index contributed by atoms with van der Waals surface area (Å²) in [5.41, 5.74) is 0. The molecule has 0 N–H and O–H groups in total. The molecule has 0 rings (SSSR count). The van der Waals surface area contributed by atoms with Crippen molar-refractivity contribution in [3.8, 4) is 0 Å². The third kappa shape index (κ3) is 148. The Hall–Kier alpha value is -0.790. The predicted molar refractivity (Wildman–Crippen MR) is 21.6 cm³/mol. The summed E-state index contributed by atoms with van der Waals surface area (Å²) >= 11 is 0. The summed E-state index contributed by atoms with van der Waals surface area (Å²) in [4.78, 5) is 0. The van der Waals surface area contributed by atoms with Gasteiger partial charge in [0.1, 0.15) is 0 Å². The molecule has 0 heterocycles. The van der Waals surface area contributed by atoms with Crippen molar-refractivity contribution >= 4 is 0 Å². The van der Waals surface area contributed by atoms with Gasteiger partial charge >= 0.3 is 22.4 Å². The minimum Gasteiger partial charge on any atom is -0.512 e. The van der Waals surface area contributed by atoms with E-state index in [4.69, 9.17) is 35.5 Å². The molecule has 0 saturated carbocycles. The maximum Gasteiger partial charge on any atom is 3.00 e. The van der Waals surface area contributed by atoms with E-state index in [1.807, 2.05) is 0 Å². The maximum atomic E-state index is 6.25. The van der Waals surface area contributed by atoms with Crippen LogP contribution in [0.2, 0.25) is 0 Å². The van der Waals surface area contributed by atoms with Crippen molar-refractivity contribution in [3.05, 3.63) is 19.7 Å². The fraction of sp³-hybridized carbons (Fsp3) is 0.250. The number of hydrogen-bond donors (Lipinski definition) is 0. The quantitative estimate of drug-likeness (QED) is 0.492. The molecule has 3 nitrogen and oxygen atoms in total. The first-order valence-corrected chi connectivity index (χ1v) is 0.671. The molecule has 0 aliphatic carbocycles. The van der Waals surface area contributed by atoms with Crippen molar-refractivity contribution in [2.75, 3.05) is 0 Å². The van der Waals surface area contributed by atoms with Crippen molar-refractivity contribution in [2.24, 2.45) is 0 Å². The second kappa shape index (κ2) is 270. The average Bonchev–Trinajstić information content (AvgIpc) is 1.81. The molecular formula is C4H4AuN3. The Bertz CT molecular complexity index is 39.8. The van der Waals surface area contributed by atoms with E-state index in [-0.39, 0.29) is 29.8 Å². The third-order valence-electron chi connectivity index (χ3n) is 0. The second-order valence-electron chi connectivity index (χ2n) is 0. The van der Waals surface area contributed by atoms with Gasteiger partial charge in [0.25, 0.3) is 0 Å². The van der Waals surface area contributed by atoms with Crippen LogP contribution in [-0.4, -0.2) is 0 Å². The van der Waals surface area contributed by atoms with Crippen LogP contribution in [0.1, 0.15) is 7.43 Å². The molecule has 0 bridgehead atoms. The van der Waals surface area contributed by atoms with Crippen LogP contribution in [0, 0.1) is 35.5 Å². The molecule has 0 radical (unpaired) electrons. The summed E-state index contributed by atoms with van der Waals surface area (Å²) in [6.07, 6.45) is 0. The summed E-state index contributed by atoms with van der Waals surface area (Å²) in [7, 11) is 0. The standard InChI is InChI=1S/3CN.CH4.Au/c3*1-2;;/h;;;1H4;/q3*-1;;+3. The van der Waals surface area contributed by atoms with Gasteiger partial charge in [0.15, 0.2) is 0 Å². The van der Waals surface area contributed by atoms with Gasteiger partial charge < -0.3 is 35.5 Å². The van der Waals surface area contributed by atoms with Crippen molar-refractivity contribution in [3.63, 3.8) is 0 Å². The molecule has 0 aromatic carbocycles. The Morgan fingerprint density at radius 3 is 0.625 bits per heavy atom. The normalized spacial score (nSPS) is 0.750. The van der Waals surface area contributed by atoms with Gasteiger partial charge in [-0.25, -0.2) is 0 Å². The van der Waals surface area contributed by atoms with E-state index in [0.29, 0.717) is 0 Å². The van der Waals surface area contributed by atoms with E-state index in [2.05, 4.69) is 0 Å². The molecule has 0 saturated heterocycles. The zero-order valence-electron chi connectivity index (χ0n) is 3.14. The number of hydrogen-bond acceptors (Lipinski definition) is 3. The summed E-state index contributed by atoms with van der Waals surface area (Å²) in [6, 6.07) is 0. The van der Waals surface area contributed by atoms with Crippen molar-refractivity contribution in [1.29, 1.82) is 15.8 Å². The first kappa shape index (κ1) is 56.9. The van der Waals surface area contributed by atoms with Crippen molar-refractivity contribution in [1.82, 2.24) is 0 Å². The fourth-order valence-electron chi connectivity index (χ4n) is 0. The molecule has 8 heavy (non-hydrogen) atoms. The van der Waals surface area contributed by atoms with E-state index < -0.39 is 0 Å². The monoisotopic (exact) mass is 291 g/mol. The first-order chi connectivity index (χ1) is 3.00. The van der Waals surface area contributed by atoms with Crippen molar-refractivity contribution in [2.45, 2.75) is 7.43 Å². The topological polar surface area (TPSA) is 71.4 Å². The van der Waals surface area contributed by atoms with Crippen LogP contribution in [0.4, 0.5) is 0 Å². The van der Waals surface area contributed by atoms with Crippen LogP contribution < -0.4 is 0 Å². The molecule has 0 spiro atoms. The molecule has 46 valence electrons. The van der Waals surface area contributed by atoms with Crippen LogP contribution >= 0.6 is 0 Å². The first-order valence-electron chi connectivity index (χ1n) is 0.671. The van der Waals surface area contributed by atoms with Gasteiger partial charge in [-0.15, -0.1) is 0 Å². The molecule has 0 atom stereocenters. The fourth-order valence-corrected chi connectivity index (χ4v) is 0. The van der Waals surface area contributed by atoms with E-state index in [0.717, 1.165) is 0 Å². The molecular weight excluding hydrogens is 287 g/mol. The van der Waals surface area contributed by atoms with E-state index in [1.54, 1.807) is 0 Å². The molecule has 0 aromatic heterocycles. The van der Waals surface area contributed by atoms with Gasteiger partial charge in [-0.3, -0.25) is 0 Å². The summed E-state index contributed by atoms with van der Waals surface area (Å²) in [5, 5.41) is 18.8. The minimum absolute atomic E-state index is 0. The predicted octanol–water partition coefficient (Wildman–Crippen LogP) is 0.923. The minimum atomic E-state index is 0. The van der Waals surface area contributed by atoms with E-state index >= 15 is 0 Å². The number of nitrogens with zero attached hydrogens (tertiary/aromatic N) is 3. The largest absolute Gasteiger partial charge is 3.00 e. The van der Waals surface area contributed by atoms with Crippen molar-refractivity contribution < 1.29 is 22.4 Å². The van der Waals surface area contributed by atoms with Gasteiger partial charge in [-0.2, -0.15) is 0 Å². The summed E-state index contributed by atoms with van der Waals surface area (Å²) < 4.78 is 0. The van der Waals surface area contributed by atoms with Gasteiger partial charge in [-0.05, 0) is 0 Å². The van der Waals surface area contributed by atoms with Gasteiger partial charge in [0.05, 0.1) is 0 Å². The van der Waals surface area contributed by atoms with Gasteiger partial charge in [0.2, 0.25) is 0 Å². The van der Waals surface area contributed by atoms with Crippen LogP contribution in [0.15, 0.2) is 0 Å². The smallest absolute Gasteiger partial charge is 0.512 e. The Kier molecular flexibility index (Phi) is 1920. The average molecular weight is 291 g/mol. The third-order valence-corrected chi connectivity index (χ3v) is 0. The van der Waals surface area contributed by atoms with E-state index in [9.17, 15) is 0 Å². The SMILES string of the molecule is C.[Au+3].[C-]#N.[C-]#N.[C-]#N. The van der Waals surface area contributed by atoms with Crippen LogP contribution in [-0.2, 0) is 22.4 Å². The molecule has 0 unspecified atom stereocenters. The molecule has 0 aliphatic heterocycles. The molecule has 0 aliphatic rings. The molecule has 0 fully saturated rings. The van der Waals surface area contributed by atoms with Gasteiger partial charge in [0, 0.05) is 0 Å². The van der Waals surface area contributed by atoms with Gasteiger partial charge in [-0.1, -0.05) is 7.43 Å². The molecule has 4 heteroatoms. The number of rotatable bonds is 0. The molecule has 0 aromatic rings. The van der Waals surface area contributed by atoms with E-state index in [1.165, 1.54) is 0 Å². The van der Waals surface area contributed by atoms with Crippen LogP contribution in [0.25, 0.3) is 0 Å². The van der Waals surface area contributed by atoms with Crippen LogP contribution in [0.5, 0.6) is 0 Å². The summed E-state index contributed by atoms with van der Waals surface area (Å²) in [5.74, 6) is 0. The maximum absolute atomic E-state index is 6.25. The summed E-state index contributed by atoms with van der Waals surface area (Å²) in [6.45, 7) is 14.2. The second-order valence-corrected chi connectivity index (χ2v) is 0.